The molecule has 0 unspecified atom stereocenters. The van der Waals surface area contributed by atoms with E-state index < -0.39 is 17.9 Å². The molecule has 0 saturated heterocycles. The van der Waals surface area contributed by atoms with Crippen molar-refractivity contribution in [3.8, 4) is 0 Å². The maximum absolute atomic E-state index is 12.6. The smallest absolute Gasteiger partial charge is 0.338 e. The van der Waals surface area contributed by atoms with Crippen molar-refractivity contribution in [2.45, 2.75) is 33.8 Å². The number of nitrogens with two attached hydrogens (primary N) is 1. The van der Waals surface area contributed by atoms with Crippen LogP contribution < -0.4 is 5.73 Å². The first-order valence-electron chi connectivity index (χ1n) is 7.63. The van der Waals surface area contributed by atoms with Gasteiger partial charge in [0.05, 0.1) is 22.0 Å². The number of halogens is 1. The molecule has 0 amide bonds. The Balaban J connectivity index is 2.20. The van der Waals surface area contributed by atoms with Gasteiger partial charge in [0.15, 0.2) is 11.9 Å². The largest absolute Gasteiger partial charge is 0.451 e. The number of H-pyrrole nitrogens is 1. The summed E-state index contributed by atoms with van der Waals surface area (Å²) in [4.78, 5) is 39.3. The van der Waals surface area contributed by atoms with Crippen LogP contribution in [0.1, 0.15) is 56.3 Å². The zero-order chi connectivity index (χ0) is 18.9. The number of ether oxygens (including phenoxy) is 1. The molecule has 2 rings (SSSR count). The molecule has 2 aromatic rings. The molecule has 25 heavy (non-hydrogen) atoms. The number of rotatable bonds is 5. The highest BCUT2D eigenvalue weighted by Crippen LogP contribution is 2.22. The molecule has 0 radical (unpaired) electrons. The first-order valence-corrected chi connectivity index (χ1v) is 8.01. The maximum atomic E-state index is 12.6. The minimum atomic E-state index is -1.03. The summed E-state index contributed by atoms with van der Waals surface area (Å²) < 4.78 is 5.22. The summed E-state index contributed by atoms with van der Waals surface area (Å²) in [6.45, 7) is 6.31. The monoisotopic (exact) mass is 362 g/mol. The maximum Gasteiger partial charge on any atom is 0.338 e. The topological polar surface area (TPSA) is 102 Å². The van der Waals surface area contributed by atoms with Crippen LogP contribution in [0.15, 0.2) is 18.2 Å². The van der Waals surface area contributed by atoms with Crippen LogP contribution in [0.3, 0.4) is 0 Å². The van der Waals surface area contributed by atoms with Crippen molar-refractivity contribution in [1.82, 2.24) is 4.98 Å². The average molecular weight is 363 g/mol. The third kappa shape index (κ3) is 3.74. The number of nitrogens with one attached hydrogen (secondary N) is 1. The van der Waals surface area contributed by atoms with Gasteiger partial charge in [0.1, 0.15) is 0 Å². The Labute approximate surface area is 150 Å². The average Bonchev–Trinajstić information content (AvgIpc) is 2.83. The number of Topliss-reactive ketones (excluding diaryl/α,β-unsaturated/α-hetero) is 2. The number of hydrogen-bond donors (Lipinski definition) is 2. The second-order valence-electron chi connectivity index (χ2n) is 5.83. The SMILES string of the molecule is CC(=O)c1c(C)[nH]c(C(=O)[C@H](C)OC(=O)c2ccc(Cl)c(N)c2)c1C. The molecule has 0 aliphatic carbocycles. The fourth-order valence-corrected chi connectivity index (χ4v) is 2.80. The highest BCUT2D eigenvalue weighted by molar-refractivity contribution is 6.33. The second kappa shape index (κ2) is 7.11. The quantitative estimate of drug-likeness (QED) is 0.481. The lowest BCUT2D eigenvalue weighted by atomic mass is 10.0. The standard InChI is InChI=1S/C18H19ClN2O4/c1-8-15(10(3)22)9(2)21-16(8)17(23)11(4)25-18(24)12-5-6-13(19)14(20)7-12/h5-7,11,21H,20H2,1-4H3/t11-/m0/s1. The summed E-state index contributed by atoms with van der Waals surface area (Å²) in [5.41, 5.74) is 8.01. The number of carbonyl (C=O) groups is 3. The Morgan fingerprint density at radius 3 is 2.40 bits per heavy atom. The highest BCUT2D eigenvalue weighted by atomic mass is 35.5. The fraction of sp³-hybridized carbons (Fsp3) is 0.278. The van der Waals surface area contributed by atoms with E-state index in [1.807, 2.05) is 0 Å². The van der Waals surface area contributed by atoms with Gasteiger partial charge >= 0.3 is 5.97 Å². The van der Waals surface area contributed by atoms with Crippen molar-refractivity contribution < 1.29 is 19.1 Å². The summed E-state index contributed by atoms with van der Waals surface area (Å²) >= 11 is 5.82. The number of esters is 1. The van der Waals surface area contributed by atoms with E-state index in [0.29, 0.717) is 21.8 Å². The van der Waals surface area contributed by atoms with Gasteiger partial charge in [-0.3, -0.25) is 9.59 Å². The van der Waals surface area contributed by atoms with Gasteiger partial charge in [-0.15, -0.1) is 0 Å². The van der Waals surface area contributed by atoms with Gasteiger partial charge in [0, 0.05) is 11.3 Å². The molecule has 0 saturated carbocycles. The van der Waals surface area contributed by atoms with Crippen LogP contribution in [0.4, 0.5) is 5.69 Å². The van der Waals surface area contributed by atoms with Gasteiger partial charge in [-0.25, -0.2) is 4.79 Å². The van der Waals surface area contributed by atoms with Crippen LogP contribution in [0.2, 0.25) is 5.02 Å². The number of hydrogen-bond acceptors (Lipinski definition) is 5. The number of nitrogen functional groups attached to an aromatic ring is 1. The molecule has 1 aromatic heterocycles. The first-order chi connectivity index (χ1) is 11.6. The molecule has 0 aliphatic rings. The van der Waals surface area contributed by atoms with E-state index in [1.54, 1.807) is 13.8 Å². The van der Waals surface area contributed by atoms with Crippen LogP contribution in [-0.2, 0) is 4.74 Å². The van der Waals surface area contributed by atoms with E-state index in [2.05, 4.69) is 4.98 Å². The molecule has 0 aliphatic heterocycles. The van der Waals surface area contributed by atoms with E-state index in [1.165, 1.54) is 32.0 Å². The summed E-state index contributed by atoms with van der Waals surface area (Å²) in [5, 5.41) is 0.329. The molecule has 0 fully saturated rings. The van der Waals surface area contributed by atoms with Crippen LogP contribution in [0.5, 0.6) is 0 Å². The third-order valence-electron chi connectivity index (χ3n) is 3.92. The van der Waals surface area contributed by atoms with Crippen LogP contribution >= 0.6 is 11.6 Å². The van der Waals surface area contributed by atoms with Crippen molar-refractivity contribution >= 4 is 34.8 Å². The highest BCUT2D eigenvalue weighted by Gasteiger charge is 2.26. The summed E-state index contributed by atoms with van der Waals surface area (Å²) in [7, 11) is 0. The first kappa shape index (κ1) is 18.7. The van der Waals surface area contributed by atoms with Gasteiger partial charge < -0.3 is 15.5 Å². The predicted octanol–water partition coefficient (Wildman–Crippen LogP) is 3.50. The number of aromatic nitrogens is 1. The van der Waals surface area contributed by atoms with Crippen molar-refractivity contribution in [3.63, 3.8) is 0 Å². The zero-order valence-corrected chi connectivity index (χ0v) is 15.2. The summed E-state index contributed by atoms with van der Waals surface area (Å²) in [5.74, 6) is -1.23. The molecule has 1 heterocycles. The van der Waals surface area contributed by atoms with Gasteiger partial charge in [-0.1, -0.05) is 11.6 Å². The van der Waals surface area contributed by atoms with E-state index in [-0.39, 0.29) is 22.7 Å². The molecular weight excluding hydrogens is 344 g/mol. The van der Waals surface area contributed by atoms with Crippen molar-refractivity contribution in [2.24, 2.45) is 0 Å². The minimum absolute atomic E-state index is 0.133. The Hall–Kier alpha value is -2.60. The lowest BCUT2D eigenvalue weighted by Gasteiger charge is -2.12. The van der Waals surface area contributed by atoms with Crippen molar-refractivity contribution in [3.05, 3.63) is 51.3 Å². The number of anilines is 1. The number of ketones is 2. The van der Waals surface area contributed by atoms with Gasteiger partial charge in [0.25, 0.3) is 0 Å². The zero-order valence-electron chi connectivity index (χ0n) is 14.4. The lowest BCUT2D eigenvalue weighted by Crippen LogP contribution is -2.25. The number of carbonyl (C=O) groups excluding carboxylic acids is 3. The third-order valence-corrected chi connectivity index (χ3v) is 4.26. The van der Waals surface area contributed by atoms with E-state index in [4.69, 9.17) is 22.1 Å². The number of aryl methyl sites for hydroxylation is 1. The Kier molecular flexibility index (Phi) is 5.33. The van der Waals surface area contributed by atoms with Crippen molar-refractivity contribution in [2.75, 3.05) is 5.73 Å². The molecular formula is C18H19ClN2O4. The molecule has 0 bridgehead atoms. The second-order valence-corrected chi connectivity index (χ2v) is 6.24. The van der Waals surface area contributed by atoms with Crippen LogP contribution in [0.25, 0.3) is 0 Å². The lowest BCUT2D eigenvalue weighted by molar-refractivity contribution is 0.0317. The van der Waals surface area contributed by atoms with Gasteiger partial charge in [-0.2, -0.15) is 0 Å². The Morgan fingerprint density at radius 1 is 1.24 bits per heavy atom. The van der Waals surface area contributed by atoms with Gasteiger partial charge in [0.2, 0.25) is 5.78 Å². The molecule has 7 heteroatoms. The minimum Gasteiger partial charge on any atom is -0.451 e. The van der Waals surface area contributed by atoms with Crippen LogP contribution in [-0.4, -0.2) is 28.6 Å². The molecule has 132 valence electrons. The Morgan fingerprint density at radius 2 is 1.88 bits per heavy atom. The van der Waals surface area contributed by atoms with Crippen molar-refractivity contribution in [1.29, 1.82) is 0 Å². The molecule has 6 nitrogen and oxygen atoms in total. The molecule has 3 N–H and O–H groups in total. The Bertz CT molecular complexity index is 870. The molecule has 1 atom stereocenters. The van der Waals surface area contributed by atoms with E-state index in [9.17, 15) is 14.4 Å². The summed E-state index contributed by atoms with van der Waals surface area (Å²) in [6, 6.07) is 4.34. The fourth-order valence-electron chi connectivity index (χ4n) is 2.68. The summed E-state index contributed by atoms with van der Waals surface area (Å²) in [6.07, 6.45) is -1.03. The number of benzene rings is 1. The normalized spacial score (nSPS) is 11.9. The predicted molar refractivity (Wildman–Crippen MR) is 95.3 cm³/mol. The van der Waals surface area contributed by atoms with Gasteiger partial charge in [-0.05, 0) is 51.5 Å². The number of aromatic amines is 1. The van der Waals surface area contributed by atoms with E-state index in [0.717, 1.165) is 0 Å². The van der Waals surface area contributed by atoms with Crippen LogP contribution in [0, 0.1) is 13.8 Å². The molecule has 1 aromatic carbocycles. The molecule has 0 spiro atoms. The van der Waals surface area contributed by atoms with E-state index >= 15 is 0 Å².